The highest BCUT2D eigenvalue weighted by atomic mass is 35.5. The Kier molecular flexibility index (Phi) is 5.84. The van der Waals surface area contributed by atoms with Crippen LogP contribution >= 0.6 is 11.6 Å². The molecule has 0 heterocycles. The number of benzene rings is 1. The van der Waals surface area contributed by atoms with Gasteiger partial charge in [0.1, 0.15) is 5.75 Å². The van der Waals surface area contributed by atoms with Gasteiger partial charge in [0.2, 0.25) is 0 Å². The van der Waals surface area contributed by atoms with Crippen molar-refractivity contribution in [3.8, 4) is 5.75 Å². The standard InChI is InChI=1S/C15H23ClN2O2/c1-10(20-12-7-5-6-11(16)8-12)14(19)18-13(9-17)15(2,3)4/h5-8,10,13H,9,17H2,1-4H3,(H,18,19). The van der Waals surface area contributed by atoms with Gasteiger partial charge in [0.25, 0.3) is 5.91 Å². The number of carbonyl (C=O) groups is 1. The number of nitrogens with two attached hydrogens (primary N) is 1. The van der Waals surface area contributed by atoms with Crippen LogP contribution in [0.2, 0.25) is 5.02 Å². The van der Waals surface area contributed by atoms with E-state index in [9.17, 15) is 4.79 Å². The van der Waals surface area contributed by atoms with Gasteiger partial charge in [0, 0.05) is 17.6 Å². The number of hydrogen-bond donors (Lipinski definition) is 2. The number of halogens is 1. The molecular weight excluding hydrogens is 276 g/mol. The first-order chi connectivity index (χ1) is 9.24. The lowest BCUT2D eigenvalue weighted by molar-refractivity contribution is -0.128. The zero-order chi connectivity index (χ0) is 15.3. The van der Waals surface area contributed by atoms with Crippen molar-refractivity contribution in [2.24, 2.45) is 11.1 Å². The van der Waals surface area contributed by atoms with Crippen LogP contribution in [-0.4, -0.2) is 24.6 Å². The zero-order valence-corrected chi connectivity index (χ0v) is 13.2. The number of hydrogen-bond acceptors (Lipinski definition) is 3. The van der Waals surface area contributed by atoms with E-state index in [-0.39, 0.29) is 17.4 Å². The summed E-state index contributed by atoms with van der Waals surface area (Å²) in [7, 11) is 0. The van der Waals surface area contributed by atoms with Crippen molar-refractivity contribution >= 4 is 17.5 Å². The molecule has 3 N–H and O–H groups in total. The van der Waals surface area contributed by atoms with Crippen LogP contribution in [0.15, 0.2) is 24.3 Å². The van der Waals surface area contributed by atoms with Gasteiger partial charge in [0.05, 0.1) is 0 Å². The Balaban J connectivity index is 2.63. The second-order valence-electron chi connectivity index (χ2n) is 5.88. The topological polar surface area (TPSA) is 64.3 Å². The second kappa shape index (κ2) is 6.95. The van der Waals surface area contributed by atoms with Gasteiger partial charge in [-0.15, -0.1) is 0 Å². The van der Waals surface area contributed by atoms with E-state index in [1.54, 1.807) is 31.2 Å². The molecule has 0 saturated heterocycles. The molecule has 2 atom stereocenters. The zero-order valence-electron chi connectivity index (χ0n) is 12.4. The summed E-state index contributed by atoms with van der Waals surface area (Å²) in [5.74, 6) is 0.385. The molecule has 0 aliphatic carbocycles. The van der Waals surface area contributed by atoms with Crippen molar-refractivity contribution in [3.63, 3.8) is 0 Å². The van der Waals surface area contributed by atoms with Crippen molar-refractivity contribution in [2.75, 3.05) is 6.54 Å². The minimum Gasteiger partial charge on any atom is -0.481 e. The summed E-state index contributed by atoms with van der Waals surface area (Å²) in [5.41, 5.74) is 5.61. The van der Waals surface area contributed by atoms with E-state index in [2.05, 4.69) is 5.32 Å². The van der Waals surface area contributed by atoms with Gasteiger partial charge in [-0.3, -0.25) is 4.79 Å². The molecule has 1 amide bonds. The summed E-state index contributed by atoms with van der Waals surface area (Å²) >= 11 is 5.88. The number of rotatable bonds is 5. The Morgan fingerprint density at radius 2 is 2.10 bits per heavy atom. The number of carbonyl (C=O) groups excluding carboxylic acids is 1. The summed E-state index contributed by atoms with van der Waals surface area (Å²) in [4.78, 5) is 12.1. The first kappa shape index (κ1) is 16.8. The summed E-state index contributed by atoms with van der Waals surface area (Å²) in [6.45, 7) is 8.19. The molecule has 1 aromatic carbocycles. The Bertz CT molecular complexity index is 457. The van der Waals surface area contributed by atoms with Gasteiger partial charge >= 0.3 is 0 Å². The fraction of sp³-hybridized carbons (Fsp3) is 0.533. The highest BCUT2D eigenvalue weighted by molar-refractivity contribution is 6.30. The molecule has 5 heteroatoms. The normalized spacial score (nSPS) is 14.5. The van der Waals surface area contributed by atoms with Gasteiger partial charge in [-0.05, 0) is 30.5 Å². The Labute approximate surface area is 125 Å². The van der Waals surface area contributed by atoms with Crippen molar-refractivity contribution in [1.82, 2.24) is 5.32 Å². The van der Waals surface area contributed by atoms with Crippen LogP contribution in [0.4, 0.5) is 0 Å². The van der Waals surface area contributed by atoms with Crippen LogP contribution < -0.4 is 15.8 Å². The summed E-state index contributed by atoms with van der Waals surface area (Å²) in [6.07, 6.45) is -0.607. The van der Waals surface area contributed by atoms with Crippen molar-refractivity contribution in [1.29, 1.82) is 0 Å². The van der Waals surface area contributed by atoms with Crippen molar-refractivity contribution in [3.05, 3.63) is 29.3 Å². The lowest BCUT2D eigenvalue weighted by Crippen LogP contribution is -2.51. The fourth-order valence-corrected chi connectivity index (χ4v) is 1.90. The molecule has 0 radical (unpaired) electrons. The summed E-state index contributed by atoms with van der Waals surface area (Å²) in [5, 5.41) is 3.49. The minimum atomic E-state index is -0.607. The summed E-state index contributed by atoms with van der Waals surface area (Å²) in [6, 6.07) is 6.87. The van der Waals surface area contributed by atoms with Gasteiger partial charge in [-0.1, -0.05) is 38.4 Å². The maximum Gasteiger partial charge on any atom is 0.261 e. The predicted octanol–water partition coefficient (Wildman–Crippen LogP) is 2.60. The molecule has 1 rings (SSSR count). The Hall–Kier alpha value is -1.26. The summed E-state index contributed by atoms with van der Waals surface area (Å²) < 4.78 is 5.58. The van der Waals surface area contributed by atoms with Crippen LogP contribution in [-0.2, 0) is 4.79 Å². The SMILES string of the molecule is CC(Oc1cccc(Cl)c1)C(=O)NC(CN)C(C)(C)C. The molecular formula is C15H23ClN2O2. The third-order valence-electron chi connectivity index (χ3n) is 3.08. The highest BCUT2D eigenvalue weighted by Crippen LogP contribution is 2.20. The average Bonchev–Trinajstić information content (AvgIpc) is 2.34. The van der Waals surface area contributed by atoms with Crippen molar-refractivity contribution < 1.29 is 9.53 Å². The van der Waals surface area contributed by atoms with Crippen LogP contribution in [0, 0.1) is 5.41 Å². The molecule has 2 unspecified atom stereocenters. The quantitative estimate of drug-likeness (QED) is 0.878. The lowest BCUT2D eigenvalue weighted by atomic mass is 9.86. The first-order valence-electron chi connectivity index (χ1n) is 6.66. The van der Waals surface area contributed by atoms with Gasteiger partial charge in [-0.25, -0.2) is 0 Å². The molecule has 0 aliphatic heterocycles. The molecule has 0 aromatic heterocycles. The molecule has 0 saturated carbocycles. The average molecular weight is 299 g/mol. The smallest absolute Gasteiger partial charge is 0.261 e. The number of nitrogens with one attached hydrogen (secondary N) is 1. The van der Waals surface area contributed by atoms with E-state index < -0.39 is 6.10 Å². The lowest BCUT2D eigenvalue weighted by Gasteiger charge is -2.31. The van der Waals surface area contributed by atoms with E-state index in [4.69, 9.17) is 22.1 Å². The van der Waals surface area contributed by atoms with E-state index in [0.717, 1.165) is 0 Å². The van der Waals surface area contributed by atoms with Crippen molar-refractivity contribution in [2.45, 2.75) is 39.8 Å². The third kappa shape index (κ3) is 5.02. The fourth-order valence-electron chi connectivity index (χ4n) is 1.72. The third-order valence-corrected chi connectivity index (χ3v) is 3.31. The maximum absolute atomic E-state index is 12.1. The molecule has 4 nitrogen and oxygen atoms in total. The van der Waals surface area contributed by atoms with Crippen LogP contribution in [0.3, 0.4) is 0 Å². The first-order valence-corrected chi connectivity index (χ1v) is 7.04. The molecule has 1 aromatic rings. The van der Waals surface area contributed by atoms with E-state index in [1.165, 1.54) is 0 Å². The molecule has 0 bridgehead atoms. The Morgan fingerprint density at radius 3 is 2.60 bits per heavy atom. The number of ether oxygens (including phenoxy) is 1. The van der Waals surface area contributed by atoms with E-state index in [0.29, 0.717) is 17.3 Å². The van der Waals surface area contributed by atoms with E-state index in [1.807, 2.05) is 20.8 Å². The highest BCUT2D eigenvalue weighted by Gasteiger charge is 2.27. The second-order valence-corrected chi connectivity index (χ2v) is 6.32. The molecule has 0 fully saturated rings. The van der Waals surface area contributed by atoms with Gasteiger partial charge < -0.3 is 15.8 Å². The Morgan fingerprint density at radius 1 is 1.45 bits per heavy atom. The number of amides is 1. The van der Waals surface area contributed by atoms with Gasteiger partial charge in [0.15, 0.2) is 6.10 Å². The largest absolute Gasteiger partial charge is 0.481 e. The van der Waals surface area contributed by atoms with Crippen LogP contribution in [0.25, 0.3) is 0 Å². The van der Waals surface area contributed by atoms with Crippen LogP contribution in [0.5, 0.6) is 5.75 Å². The van der Waals surface area contributed by atoms with Gasteiger partial charge in [-0.2, -0.15) is 0 Å². The monoisotopic (exact) mass is 298 g/mol. The predicted molar refractivity (Wildman–Crippen MR) is 82.0 cm³/mol. The maximum atomic E-state index is 12.1. The van der Waals surface area contributed by atoms with Crippen LogP contribution in [0.1, 0.15) is 27.7 Å². The molecule has 20 heavy (non-hydrogen) atoms. The van der Waals surface area contributed by atoms with E-state index >= 15 is 0 Å². The molecule has 0 spiro atoms. The minimum absolute atomic E-state index is 0.0968. The molecule has 112 valence electrons. The molecule has 0 aliphatic rings.